The fourth-order valence-electron chi connectivity index (χ4n) is 3.21. The maximum absolute atomic E-state index is 9.85. The van der Waals surface area contributed by atoms with Crippen LogP contribution in [0.3, 0.4) is 0 Å². The van der Waals surface area contributed by atoms with Crippen LogP contribution in [0.25, 0.3) is 0 Å². The van der Waals surface area contributed by atoms with Crippen LogP contribution in [0.15, 0.2) is 0 Å². The summed E-state index contributed by atoms with van der Waals surface area (Å²) in [5, 5.41) is 13.3. The molecule has 18 heavy (non-hydrogen) atoms. The van der Waals surface area contributed by atoms with E-state index in [2.05, 4.69) is 5.32 Å². The van der Waals surface area contributed by atoms with Crippen molar-refractivity contribution in [2.24, 2.45) is 5.92 Å². The van der Waals surface area contributed by atoms with E-state index in [1.807, 2.05) is 0 Å². The fraction of sp³-hybridized carbons (Fsp3) is 1.00. The summed E-state index contributed by atoms with van der Waals surface area (Å²) in [7, 11) is 0. The molecule has 106 valence electrons. The third-order valence-electron chi connectivity index (χ3n) is 4.36. The molecule has 0 amide bonds. The summed E-state index contributed by atoms with van der Waals surface area (Å²) in [5.74, 6) is 0.835. The highest BCUT2D eigenvalue weighted by Gasteiger charge is 2.17. The van der Waals surface area contributed by atoms with E-state index in [-0.39, 0.29) is 6.10 Å². The first-order valence-corrected chi connectivity index (χ1v) is 7.85. The van der Waals surface area contributed by atoms with Crippen LogP contribution in [0.2, 0.25) is 0 Å². The molecule has 2 aliphatic carbocycles. The largest absolute Gasteiger partial charge is 0.389 e. The molecule has 0 saturated heterocycles. The van der Waals surface area contributed by atoms with Crippen molar-refractivity contribution < 1.29 is 9.84 Å². The summed E-state index contributed by atoms with van der Waals surface area (Å²) in [6, 6.07) is 0. The normalized spacial score (nSPS) is 24.5. The molecule has 0 bridgehead atoms. The van der Waals surface area contributed by atoms with Gasteiger partial charge in [-0.3, -0.25) is 0 Å². The number of aliphatic hydroxyl groups is 1. The van der Waals surface area contributed by atoms with Gasteiger partial charge in [0, 0.05) is 6.54 Å². The van der Waals surface area contributed by atoms with Crippen LogP contribution >= 0.6 is 0 Å². The highest BCUT2D eigenvalue weighted by molar-refractivity contribution is 4.71. The number of hydrogen-bond acceptors (Lipinski definition) is 3. The Labute approximate surface area is 111 Å². The zero-order valence-corrected chi connectivity index (χ0v) is 11.6. The van der Waals surface area contributed by atoms with E-state index in [0.29, 0.717) is 19.3 Å². The summed E-state index contributed by atoms with van der Waals surface area (Å²) in [6.07, 6.45) is 11.9. The molecule has 2 saturated carbocycles. The van der Waals surface area contributed by atoms with Crippen molar-refractivity contribution in [1.82, 2.24) is 5.32 Å². The van der Waals surface area contributed by atoms with Crippen LogP contribution in [0, 0.1) is 5.92 Å². The predicted octanol–water partition coefficient (Wildman–Crippen LogP) is 2.48. The van der Waals surface area contributed by atoms with E-state index in [4.69, 9.17) is 4.74 Å². The summed E-state index contributed by atoms with van der Waals surface area (Å²) < 4.78 is 5.72. The van der Waals surface area contributed by atoms with Gasteiger partial charge >= 0.3 is 0 Å². The first-order chi connectivity index (χ1) is 8.84. The van der Waals surface area contributed by atoms with Gasteiger partial charge in [0.25, 0.3) is 0 Å². The lowest BCUT2D eigenvalue weighted by Gasteiger charge is -2.23. The average molecular weight is 255 g/mol. The lowest BCUT2D eigenvalue weighted by Crippen LogP contribution is -2.34. The zero-order valence-electron chi connectivity index (χ0n) is 11.6. The van der Waals surface area contributed by atoms with Crippen molar-refractivity contribution >= 4 is 0 Å². The molecular weight excluding hydrogens is 226 g/mol. The molecule has 3 heteroatoms. The fourth-order valence-corrected chi connectivity index (χ4v) is 3.21. The number of nitrogens with one attached hydrogen (secondary N) is 1. The SMILES string of the molecule is OC(CNCC1CCCCC1)COC1CCCC1. The van der Waals surface area contributed by atoms with Crippen LogP contribution in [-0.2, 0) is 4.74 Å². The molecule has 1 unspecified atom stereocenters. The second kappa shape index (κ2) is 8.13. The molecule has 2 N–H and O–H groups in total. The number of rotatable bonds is 7. The molecular formula is C15H29NO2. The van der Waals surface area contributed by atoms with Crippen molar-refractivity contribution in [2.45, 2.75) is 70.0 Å². The monoisotopic (exact) mass is 255 g/mol. The third kappa shape index (κ3) is 5.25. The highest BCUT2D eigenvalue weighted by atomic mass is 16.5. The van der Waals surface area contributed by atoms with Gasteiger partial charge in [-0.2, -0.15) is 0 Å². The molecule has 0 aromatic carbocycles. The lowest BCUT2D eigenvalue weighted by molar-refractivity contribution is -0.00571. The summed E-state index contributed by atoms with van der Waals surface area (Å²) >= 11 is 0. The second-order valence-corrected chi connectivity index (χ2v) is 6.06. The molecule has 2 rings (SSSR count). The molecule has 3 nitrogen and oxygen atoms in total. The predicted molar refractivity (Wildman–Crippen MR) is 73.7 cm³/mol. The van der Waals surface area contributed by atoms with Crippen molar-refractivity contribution in [3.05, 3.63) is 0 Å². The van der Waals surface area contributed by atoms with E-state index in [0.717, 1.165) is 12.5 Å². The van der Waals surface area contributed by atoms with Crippen LogP contribution in [-0.4, -0.2) is 37.0 Å². The molecule has 0 spiro atoms. The second-order valence-electron chi connectivity index (χ2n) is 6.06. The van der Waals surface area contributed by atoms with Crippen molar-refractivity contribution in [3.63, 3.8) is 0 Å². The van der Waals surface area contributed by atoms with Gasteiger partial charge in [-0.1, -0.05) is 32.1 Å². The van der Waals surface area contributed by atoms with Gasteiger partial charge in [0.05, 0.1) is 18.8 Å². The zero-order chi connectivity index (χ0) is 12.6. The summed E-state index contributed by atoms with van der Waals surface area (Å²) in [6.45, 7) is 2.26. The molecule has 0 radical (unpaired) electrons. The standard InChI is InChI=1S/C15H29NO2/c17-14(12-18-15-8-4-5-9-15)11-16-10-13-6-2-1-3-7-13/h13-17H,1-12H2. The van der Waals surface area contributed by atoms with Gasteiger partial charge in [0.1, 0.15) is 0 Å². The lowest BCUT2D eigenvalue weighted by atomic mass is 9.89. The first-order valence-electron chi connectivity index (χ1n) is 7.85. The average Bonchev–Trinajstić information content (AvgIpc) is 2.91. The Hall–Kier alpha value is -0.120. The Balaban J connectivity index is 1.47. The van der Waals surface area contributed by atoms with Gasteiger partial charge in [-0.15, -0.1) is 0 Å². The van der Waals surface area contributed by atoms with Crippen LogP contribution < -0.4 is 5.32 Å². The number of aliphatic hydroxyl groups excluding tert-OH is 1. The summed E-state index contributed by atoms with van der Waals surface area (Å²) in [5.41, 5.74) is 0. The van der Waals surface area contributed by atoms with Crippen LogP contribution in [0.4, 0.5) is 0 Å². The molecule has 0 aliphatic heterocycles. The quantitative estimate of drug-likeness (QED) is 0.734. The van der Waals surface area contributed by atoms with E-state index < -0.39 is 0 Å². The Morgan fingerprint density at radius 3 is 2.39 bits per heavy atom. The van der Waals surface area contributed by atoms with Gasteiger partial charge in [-0.05, 0) is 38.1 Å². The molecule has 2 fully saturated rings. The Morgan fingerprint density at radius 1 is 1.00 bits per heavy atom. The first kappa shape index (κ1) is 14.3. The summed E-state index contributed by atoms with van der Waals surface area (Å²) in [4.78, 5) is 0. The van der Waals surface area contributed by atoms with Gasteiger partial charge < -0.3 is 15.2 Å². The smallest absolute Gasteiger partial charge is 0.0897 e. The van der Waals surface area contributed by atoms with E-state index in [1.165, 1.54) is 57.8 Å². The minimum atomic E-state index is -0.339. The Bertz CT molecular complexity index is 211. The van der Waals surface area contributed by atoms with Gasteiger partial charge in [0.15, 0.2) is 0 Å². The van der Waals surface area contributed by atoms with Crippen molar-refractivity contribution in [3.8, 4) is 0 Å². The van der Waals surface area contributed by atoms with E-state index in [1.54, 1.807) is 0 Å². The molecule has 1 atom stereocenters. The molecule has 0 aromatic rings. The topological polar surface area (TPSA) is 41.5 Å². The van der Waals surface area contributed by atoms with E-state index >= 15 is 0 Å². The number of ether oxygens (including phenoxy) is 1. The van der Waals surface area contributed by atoms with Gasteiger partial charge in [-0.25, -0.2) is 0 Å². The maximum atomic E-state index is 9.85. The minimum Gasteiger partial charge on any atom is -0.389 e. The van der Waals surface area contributed by atoms with Gasteiger partial charge in [0.2, 0.25) is 0 Å². The third-order valence-corrected chi connectivity index (χ3v) is 4.36. The van der Waals surface area contributed by atoms with Crippen molar-refractivity contribution in [2.75, 3.05) is 19.7 Å². The molecule has 0 heterocycles. The Kier molecular flexibility index (Phi) is 6.46. The maximum Gasteiger partial charge on any atom is 0.0897 e. The van der Waals surface area contributed by atoms with E-state index in [9.17, 15) is 5.11 Å². The minimum absolute atomic E-state index is 0.339. The number of hydrogen-bond donors (Lipinski definition) is 2. The molecule has 0 aromatic heterocycles. The Morgan fingerprint density at radius 2 is 1.67 bits per heavy atom. The highest BCUT2D eigenvalue weighted by Crippen LogP contribution is 2.23. The van der Waals surface area contributed by atoms with Crippen LogP contribution in [0.5, 0.6) is 0 Å². The van der Waals surface area contributed by atoms with Crippen molar-refractivity contribution in [1.29, 1.82) is 0 Å². The molecule has 2 aliphatic rings. The van der Waals surface area contributed by atoms with Crippen LogP contribution in [0.1, 0.15) is 57.8 Å².